The topological polar surface area (TPSA) is 75.5 Å². The van der Waals surface area contributed by atoms with Crippen LogP contribution in [0.1, 0.15) is 52.0 Å². The predicted molar refractivity (Wildman–Crippen MR) is 106 cm³/mol. The number of hydrogen-bond acceptors (Lipinski definition) is 3. The molecule has 2 N–H and O–H groups in total. The third-order valence-electron chi connectivity index (χ3n) is 4.42. The first-order valence-electron chi connectivity index (χ1n) is 9.15. The number of aryl methyl sites for hydroxylation is 2. The molecule has 140 valence electrons. The lowest BCUT2D eigenvalue weighted by atomic mass is 10.1. The van der Waals surface area contributed by atoms with Gasteiger partial charge in [0.2, 0.25) is 5.82 Å². The Balaban J connectivity index is 1.93. The molecule has 6 heteroatoms. The first-order chi connectivity index (χ1) is 13.0. The van der Waals surface area contributed by atoms with Crippen LogP contribution in [-0.4, -0.2) is 27.7 Å². The first-order valence-corrected chi connectivity index (χ1v) is 9.15. The number of aromatic nitrogens is 2. The van der Waals surface area contributed by atoms with Gasteiger partial charge in [0.05, 0.1) is 5.52 Å². The summed E-state index contributed by atoms with van der Waals surface area (Å²) in [6.07, 6.45) is 3.63. The molecular weight excluding hydrogens is 340 g/mol. The van der Waals surface area contributed by atoms with E-state index in [9.17, 15) is 9.59 Å². The highest BCUT2D eigenvalue weighted by Crippen LogP contribution is 2.19. The molecule has 0 atom stereocenters. The van der Waals surface area contributed by atoms with E-state index in [1.54, 1.807) is 16.7 Å². The monoisotopic (exact) mass is 364 g/mol. The Kier molecular flexibility index (Phi) is 5.54. The molecule has 0 saturated heterocycles. The van der Waals surface area contributed by atoms with Gasteiger partial charge in [-0.3, -0.25) is 14.0 Å². The smallest absolute Gasteiger partial charge is 0.287 e. The maximum atomic E-state index is 12.9. The summed E-state index contributed by atoms with van der Waals surface area (Å²) < 4.78 is 1.65. The number of amides is 2. The van der Waals surface area contributed by atoms with E-state index >= 15 is 0 Å². The number of fused-ring (bicyclic) bond motifs is 1. The number of rotatable bonds is 6. The summed E-state index contributed by atoms with van der Waals surface area (Å²) >= 11 is 0. The van der Waals surface area contributed by atoms with Gasteiger partial charge in [0.25, 0.3) is 11.8 Å². The van der Waals surface area contributed by atoms with Crippen LogP contribution in [0.5, 0.6) is 0 Å². The third kappa shape index (κ3) is 4.00. The van der Waals surface area contributed by atoms with Gasteiger partial charge >= 0.3 is 0 Å². The average Bonchev–Trinajstić information content (AvgIpc) is 3.05. The van der Waals surface area contributed by atoms with E-state index in [2.05, 4.69) is 22.5 Å². The van der Waals surface area contributed by atoms with E-state index in [4.69, 9.17) is 0 Å². The number of nitrogens with one attached hydrogen (secondary N) is 2. The second-order valence-corrected chi connectivity index (χ2v) is 6.62. The summed E-state index contributed by atoms with van der Waals surface area (Å²) in [7, 11) is 0. The summed E-state index contributed by atoms with van der Waals surface area (Å²) in [6, 6.07) is 11.3. The van der Waals surface area contributed by atoms with Crippen molar-refractivity contribution in [2.24, 2.45) is 0 Å². The maximum Gasteiger partial charge on any atom is 0.287 e. The molecule has 0 spiro atoms. The SMILES string of the molecule is CCCCNC(=O)c1nc(C(=O)Nc2cc(C)ccc2C)c2ccccn12. The lowest BCUT2D eigenvalue weighted by Crippen LogP contribution is -2.26. The Hall–Kier alpha value is -3.15. The van der Waals surface area contributed by atoms with Crippen LogP contribution in [0.4, 0.5) is 5.69 Å². The lowest BCUT2D eigenvalue weighted by molar-refractivity contribution is 0.0942. The summed E-state index contributed by atoms with van der Waals surface area (Å²) in [5.41, 5.74) is 3.60. The Morgan fingerprint density at radius 1 is 1.11 bits per heavy atom. The van der Waals surface area contributed by atoms with Crippen molar-refractivity contribution in [1.82, 2.24) is 14.7 Å². The molecule has 0 bridgehead atoms. The van der Waals surface area contributed by atoms with Crippen molar-refractivity contribution in [3.8, 4) is 0 Å². The number of anilines is 1. The fourth-order valence-electron chi connectivity index (χ4n) is 2.87. The molecule has 0 aliphatic heterocycles. The van der Waals surface area contributed by atoms with Crippen molar-refractivity contribution >= 4 is 23.0 Å². The van der Waals surface area contributed by atoms with E-state index in [1.165, 1.54) is 0 Å². The van der Waals surface area contributed by atoms with Crippen molar-refractivity contribution in [1.29, 1.82) is 0 Å². The Bertz CT molecular complexity index is 991. The molecule has 1 aromatic carbocycles. The summed E-state index contributed by atoms with van der Waals surface area (Å²) in [6.45, 7) is 6.56. The lowest BCUT2D eigenvalue weighted by Gasteiger charge is -2.08. The number of benzene rings is 1. The van der Waals surface area contributed by atoms with Crippen LogP contribution in [0.15, 0.2) is 42.6 Å². The minimum absolute atomic E-state index is 0.216. The molecule has 0 fully saturated rings. The zero-order valence-corrected chi connectivity index (χ0v) is 15.9. The standard InChI is InChI=1S/C21H24N4O2/c1-4-5-11-22-21(27)19-24-18(17-8-6-7-12-25(17)19)20(26)23-16-13-14(2)9-10-15(16)3/h6-10,12-13H,4-5,11H2,1-3H3,(H,22,27)(H,23,26). The number of hydrogen-bond donors (Lipinski definition) is 2. The fourth-order valence-corrected chi connectivity index (χ4v) is 2.87. The molecule has 27 heavy (non-hydrogen) atoms. The van der Waals surface area contributed by atoms with Gasteiger partial charge < -0.3 is 10.6 Å². The highest BCUT2D eigenvalue weighted by atomic mass is 16.2. The summed E-state index contributed by atoms with van der Waals surface area (Å²) in [5.74, 6) is -0.400. The van der Waals surface area contributed by atoms with E-state index in [0.717, 1.165) is 29.7 Å². The van der Waals surface area contributed by atoms with Gasteiger partial charge in [0.15, 0.2) is 5.69 Å². The number of carbonyl (C=O) groups is 2. The quantitative estimate of drug-likeness (QED) is 0.654. The molecule has 0 radical (unpaired) electrons. The van der Waals surface area contributed by atoms with Gasteiger partial charge in [-0.1, -0.05) is 31.5 Å². The second kappa shape index (κ2) is 8.03. The minimum Gasteiger partial charge on any atom is -0.349 e. The number of unbranched alkanes of at least 4 members (excludes halogenated alkanes) is 1. The van der Waals surface area contributed by atoms with Crippen molar-refractivity contribution in [3.63, 3.8) is 0 Å². The summed E-state index contributed by atoms with van der Waals surface area (Å²) in [5, 5.41) is 5.77. The van der Waals surface area contributed by atoms with Crippen molar-refractivity contribution in [2.75, 3.05) is 11.9 Å². The van der Waals surface area contributed by atoms with Gasteiger partial charge in [-0.25, -0.2) is 4.98 Å². The van der Waals surface area contributed by atoms with Gasteiger partial charge in [-0.05, 0) is 49.6 Å². The highest BCUT2D eigenvalue weighted by Gasteiger charge is 2.21. The Labute approximate surface area is 158 Å². The molecule has 0 aliphatic carbocycles. The molecule has 0 aliphatic rings. The number of carbonyl (C=O) groups excluding carboxylic acids is 2. The normalized spacial score (nSPS) is 10.8. The van der Waals surface area contributed by atoms with E-state index in [1.807, 2.05) is 44.2 Å². The van der Waals surface area contributed by atoms with Gasteiger partial charge in [0, 0.05) is 18.4 Å². The van der Waals surface area contributed by atoms with Crippen LogP contribution >= 0.6 is 0 Å². The highest BCUT2D eigenvalue weighted by molar-refractivity contribution is 6.09. The largest absolute Gasteiger partial charge is 0.349 e. The van der Waals surface area contributed by atoms with Gasteiger partial charge in [-0.15, -0.1) is 0 Å². The van der Waals surface area contributed by atoms with Crippen LogP contribution in [-0.2, 0) is 0 Å². The molecule has 6 nitrogen and oxygen atoms in total. The first kappa shape index (κ1) is 18.6. The number of pyridine rings is 1. The summed E-state index contributed by atoms with van der Waals surface area (Å²) in [4.78, 5) is 29.7. The second-order valence-electron chi connectivity index (χ2n) is 6.62. The minimum atomic E-state index is -0.333. The third-order valence-corrected chi connectivity index (χ3v) is 4.42. The van der Waals surface area contributed by atoms with Crippen LogP contribution in [0.25, 0.3) is 5.52 Å². The molecule has 3 rings (SSSR count). The molecule has 2 aromatic heterocycles. The average molecular weight is 364 g/mol. The molecular formula is C21H24N4O2. The van der Waals surface area contributed by atoms with Crippen molar-refractivity contribution in [2.45, 2.75) is 33.6 Å². The van der Waals surface area contributed by atoms with Crippen LogP contribution in [0.2, 0.25) is 0 Å². The molecule has 0 unspecified atom stereocenters. The Morgan fingerprint density at radius 3 is 2.70 bits per heavy atom. The van der Waals surface area contributed by atoms with Gasteiger partial charge in [0.1, 0.15) is 0 Å². The molecule has 2 amide bonds. The predicted octanol–water partition coefficient (Wildman–Crippen LogP) is 3.73. The number of imidazole rings is 1. The molecule has 2 heterocycles. The number of nitrogens with zero attached hydrogens (tertiary/aromatic N) is 2. The van der Waals surface area contributed by atoms with E-state index < -0.39 is 0 Å². The zero-order chi connectivity index (χ0) is 19.4. The van der Waals surface area contributed by atoms with Crippen LogP contribution < -0.4 is 10.6 Å². The fraction of sp³-hybridized carbons (Fsp3) is 0.286. The molecule has 3 aromatic rings. The van der Waals surface area contributed by atoms with E-state index in [-0.39, 0.29) is 23.3 Å². The van der Waals surface area contributed by atoms with E-state index in [0.29, 0.717) is 12.1 Å². The van der Waals surface area contributed by atoms with Crippen LogP contribution in [0, 0.1) is 13.8 Å². The Morgan fingerprint density at radius 2 is 1.93 bits per heavy atom. The van der Waals surface area contributed by atoms with Gasteiger partial charge in [-0.2, -0.15) is 0 Å². The maximum absolute atomic E-state index is 12.9. The molecule has 0 saturated carbocycles. The van der Waals surface area contributed by atoms with Crippen molar-refractivity contribution in [3.05, 3.63) is 65.2 Å². The van der Waals surface area contributed by atoms with Crippen molar-refractivity contribution < 1.29 is 9.59 Å². The van der Waals surface area contributed by atoms with Crippen LogP contribution in [0.3, 0.4) is 0 Å². The zero-order valence-electron chi connectivity index (χ0n) is 15.9.